The van der Waals surface area contributed by atoms with E-state index in [0.717, 1.165) is 26.8 Å². The average Bonchev–Trinajstić information content (AvgIpc) is 3.37. The molecule has 0 aliphatic carbocycles. The number of halogens is 1. The fourth-order valence-corrected chi connectivity index (χ4v) is 3.80. The summed E-state index contributed by atoms with van der Waals surface area (Å²) >= 11 is 7.57. The molecule has 5 aromatic rings. The minimum atomic E-state index is 0.325. The summed E-state index contributed by atoms with van der Waals surface area (Å²) in [6.45, 7) is 0.863. The van der Waals surface area contributed by atoms with Gasteiger partial charge in [-0.15, -0.1) is 10.2 Å². The van der Waals surface area contributed by atoms with E-state index < -0.39 is 0 Å². The fourth-order valence-electron chi connectivity index (χ4n) is 2.84. The molecule has 0 radical (unpaired) electrons. The second kappa shape index (κ2) is 6.64. The van der Waals surface area contributed by atoms with Gasteiger partial charge in [0.2, 0.25) is 4.96 Å². The first kappa shape index (κ1) is 16.2. The van der Waals surface area contributed by atoms with Gasteiger partial charge in [-0.2, -0.15) is 9.61 Å². The van der Waals surface area contributed by atoms with Crippen molar-refractivity contribution in [3.8, 4) is 5.75 Å². The van der Waals surface area contributed by atoms with E-state index in [9.17, 15) is 0 Å². The van der Waals surface area contributed by atoms with Crippen LogP contribution in [0.25, 0.3) is 16.0 Å². The van der Waals surface area contributed by atoms with E-state index in [-0.39, 0.29) is 0 Å². The van der Waals surface area contributed by atoms with Crippen molar-refractivity contribution in [1.82, 2.24) is 29.4 Å². The van der Waals surface area contributed by atoms with Crippen molar-refractivity contribution < 1.29 is 4.74 Å². The van der Waals surface area contributed by atoms with Crippen LogP contribution in [0.4, 0.5) is 0 Å². The molecule has 9 heteroatoms. The minimum absolute atomic E-state index is 0.325. The number of hydrogen-bond acceptors (Lipinski definition) is 6. The van der Waals surface area contributed by atoms with Crippen molar-refractivity contribution in [3.63, 3.8) is 0 Å². The molecule has 134 valence electrons. The van der Waals surface area contributed by atoms with E-state index >= 15 is 0 Å². The molecule has 0 aliphatic rings. The molecule has 7 nitrogen and oxygen atoms in total. The first-order chi connectivity index (χ1) is 13.3. The first-order valence-electron chi connectivity index (χ1n) is 8.25. The Bertz CT molecular complexity index is 1240. The van der Waals surface area contributed by atoms with E-state index in [1.807, 2.05) is 47.0 Å². The number of hydrogen-bond donors (Lipinski definition) is 0. The summed E-state index contributed by atoms with van der Waals surface area (Å²) in [5.41, 5.74) is 2.00. The van der Waals surface area contributed by atoms with E-state index in [2.05, 4.69) is 20.3 Å². The topological polar surface area (TPSA) is 70.1 Å². The largest absolute Gasteiger partial charge is 0.485 e. The third kappa shape index (κ3) is 3.02. The quantitative estimate of drug-likeness (QED) is 0.451. The highest BCUT2D eigenvalue weighted by Crippen LogP contribution is 2.25. The van der Waals surface area contributed by atoms with Crippen molar-refractivity contribution in [3.05, 3.63) is 70.7 Å². The fraction of sp³-hybridized carbons (Fsp3) is 0.111. The zero-order valence-electron chi connectivity index (χ0n) is 14.0. The Balaban J connectivity index is 1.39. The summed E-state index contributed by atoms with van der Waals surface area (Å²) in [6.07, 6.45) is 1.81. The minimum Gasteiger partial charge on any atom is -0.485 e. The van der Waals surface area contributed by atoms with Gasteiger partial charge in [-0.05, 0) is 24.3 Å². The Labute approximate surface area is 162 Å². The lowest BCUT2D eigenvalue weighted by atomic mass is 10.3. The molecule has 27 heavy (non-hydrogen) atoms. The van der Waals surface area contributed by atoms with Crippen LogP contribution < -0.4 is 4.74 Å². The molecule has 0 aliphatic heterocycles. The van der Waals surface area contributed by atoms with Gasteiger partial charge in [0.25, 0.3) is 0 Å². The Kier molecular flexibility index (Phi) is 3.99. The smallest absolute Gasteiger partial charge is 0.234 e. The van der Waals surface area contributed by atoms with Gasteiger partial charge in [0, 0.05) is 0 Å². The number of benzene rings is 2. The van der Waals surface area contributed by atoms with Crippen LogP contribution in [-0.2, 0) is 13.2 Å². The predicted molar refractivity (Wildman–Crippen MR) is 103 cm³/mol. The molecule has 3 aromatic heterocycles. The van der Waals surface area contributed by atoms with E-state index in [0.29, 0.717) is 23.9 Å². The third-order valence-electron chi connectivity index (χ3n) is 4.12. The van der Waals surface area contributed by atoms with Crippen molar-refractivity contribution >= 4 is 38.9 Å². The molecule has 0 amide bonds. The highest BCUT2D eigenvalue weighted by Gasteiger charge is 2.14. The standard InChI is InChI=1S/C18H13ClN6OS/c19-12-5-1-4-8-15(12)26-10-17-23-25-16(21-22-18(25)27-17)9-24-11-20-13-6-2-3-7-14(13)24/h1-8,11H,9-10H2. The van der Waals surface area contributed by atoms with Crippen molar-refractivity contribution in [2.24, 2.45) is 0 Å². The zero-order valence-corrected chi connectivity index (χ0v) is 15.6. The van der Waals surface area contributed by atoms with Crippen LogP contribution in [0.3, 0.4) is 0 Å². The van der Waals surface area contributed by atoms with Gasteiger partial charge in [0.15, 0.2) is 10.8 Å². The van der Waals surface area contributed by atoms with Crippen molar-refractivity contribution in [2.75, 3.05) is 0 Å². The molecule has 5 rings (SSSR count). The lowest BCUT2D eigenvalue weighted by molar-refractivity contribution is 0.304. The molecule has 0 spiro atoms. The van der Waals surface area contributed by atoms with Crippen LogP contribution in [0, 0.1) is 0 Å². The summed E-state index contributed by atoms with van der Waals surface area (Å²) in [5.74, 6) is 1.38. The van der Waals surface area contributed by atoms with Gasteiger partial charge in [-0.25, -0.2) is 4.98 Å². The Morgan fingerprint density at radius 1 is 1.04 bits per heavy atom. The van der Waals surface area contributed by atoms with E-state index in [1.54, 1.807) is 16.9 Å². The van der Waals surface area contributed by atoms with Crippen molar-refractivity contribution in [2.45, 2.75) is 13.2 Å². The van der Waals surface area contributed by atoms with E-state index in [1.165, 1.54) is 11.3 Å². The number of imidazole rings is 1. The van der Waals surface area contributed by atoms with Gasteiger partial charge in [-0.3, -0.25) is 0 Å². The third-order valence-corrected chi connectivity index (χ3v) is 5.31. The monoisotopic (exact) mass is 396 g/mol. The molecule has 2 aromatic carbocycles. The number of para-hydroxylation sites is 3. The van der Waals surface area contributed by atoms with Crippen LogP contribution in [0.1, 0.15) is 10.8 Å². The summed E-state index contributed by atoms with van der Waals surface area (Å²) in [7, 11) is 0. The molecular formula is C18H13ClN6OS. The first-order valence-corrected chi connectivity index (χ1v) is 9.44. The van der Waals surface area contributed by atoms with Gasteiger partial charge < -0.3 is 9.30 Å². The molecule has 0 saturated carbocycles. The SMILES string of the molecule is Clc1ccccc1OCc1nn2c(Cn3cnc4ccccc43)nnc2s1. The molecule has 0 bridgehead atoms. The van der Waals surface area contributed by atoms with Gasteiger partial charge in [0.05, 0.1) is 28.9 Å². The summed E-state index contributed by atoms with van der Waals surface area (Å²) in [6, 6.07) is 15.4. The Hall–Kier alpha value is -2.97. The molecular weight excluding hydrogens is 384 g/mol. The molecule has 0 saturated heterocycles. The van der Waals surface area contributed by atoms with Crippen molar-refractivity contribution in [1.29, 1.82) is 0 Å². The van der Waals surface area contributed by atoms with E-state index in [4.69, 9.17) is 16.3 Å². The second-order valence-corrected chi connectivity index (χ2v) is 7.33. The number of ether oxygens (including phenoxy) is 1. The molecule has 0 N–H and O–H groups in total. The number of rotatable bonds is 5. The predicted octanol–water partition coefficient (Wildman–Crippen LogP) is 3.82. The number of nitrogens with zero attached hydrogens (tertiary/aromatic N) is 6. The van der Waals surface area contributed by atoms with Gasteiger partial charge in [0.1, 0.15) is 12.4 Å². The van der Waals surface area contributed by atoms with Crippen LogP contribution in [-0.4, -0.2) is 29.4 Å². The summed E-state index contributed by atoms with van der Waals surface area (Å²) in [5, 5.41) is 14.5. The molecule has 3 heterocycles. The molecule has 0 fully saturated rings. The highest BCUT2D eigenvalue weighted by atomic mass is 35.5. The number of aromatic nitrogens is 6. The van der Waals surface area contributed by atoms with Crippen LogP contribution in [0.15, 0.2) is 54.9 Å². The van der Waals surface area contributed by atoms with Gasteiger partial charge in [-0.1, -0.05) is 47.2 Å². The Morgan fingerprint density at radius 3 is 2.81 bits per heavy atom. The van der Waals surface area contributed by atoms with Crippen LogP contribution in [0.5, 0.6) is 5.75 Å². The second-order valence-electron chi connectivity index (χ2n) is 5.89. The lowest BCUT2D eigenvalue weighted by Crippen LogP contribution is -2.05. The normalized spacial score (nSPS) is 11.4. The molecule has 0 atom stereocenters. The van der Waals surface area contributed by atoms with Crippen LogP contribution >= 0.6 is 22.9 Å². The average molecular weight is 397 g/mol. The maximum Gasteiger partial charge on any atom is 0.234 e. The Morgan fingerprint density at radius 2 is 1.89 bits per heavy atom. The maximum atomic E-state index is 6.12. The zero-order chi connectivity index (χ0) is 18.2. The summed E-state index contributed by atoms with van der Waals surface area (Å²) in [4.78, 5) is 5.14. The maximum absolute atomic E-state index is 6.12. The lowest BCUT2D eigenvalue weighted by Gasteiger charge is -2.05. The highest BCUT2D eigenvalue weighted by molar-refractivity contribution is 7.16. The van der Waals surface area contributed by atoms with Crippen LogP contribution in [0.2, 0.25) is 5.02 Å². The van der Waals surface area contributed by atoms with Gasteiger partial charge >= 0.3 is 0 Å². The molecule has 0 unspecified atom stereocenters. The number of fused-ring (bicyclic) bond motifs is 2. The summed E-state index contributed by atoms with van der Waals surface area (Å²) < 4.78 is 9.55.